The molecule has 0 heterocycles. The van der Waals surface area contributed by atoms with E-state index in [2.05, 4.69) is 64.1 Å². The molecule has 107 valence electrons. The Hall–Kier alpha value is -1.56. The molecule has 3 radical (unpaired) electrons. The van der Waals surface area contributed by atoms with Gasteiger partial charge < -0.3 is 0 Å². The predicted octanol–water partition coefficient (Wildman–Crippen LogP) is 6.09. The van der Waals surface area contributed by atoms with E-state index in [1.807, 2.05) is 24.3 Å². The van der Waals surface area contributed by atoms with Crippen LogP contribution in [0.15, 0.2) is 60.7 Å². The fourth-order valence-corrected chi connectivity index (χ4v) is 1.73. The summed E-state index contributed by atoms with van der Waals surface area (Å²) in [6, 6.07) is 20.8. The Morgan fingerprint density at radius 2 is 1.20 bits per heavy atom. The second-order valence-corrected chi connectivity index (χ2v) is 4.91. The van der Waals surface area contributed by atoms with Crippen LogP contribution in [0.5, 0.6) is 0 Å². The van der Waals surface area contributed by atoms with E-state index in [1.165, 1.54) is 11.1 Å². The van der Waals surface area contributed by atoms with Crippen molar-refractivity contribution < 1.29 is 0 Å². The van der Waals surface area contributed by atoms with Gasteiger partial charge in [0, 0.05) is 0 Å². The standard InChI is InChI=1S/C10H13.C9H11.CH3/c1-3-9(2)10-7-5-4-6-8-10;1-8(2)9-6-4-3-5-7-9;/h4-9H,1,3H2,2H3;3-8H,1H2,2H3;1H3. The zero-order valence-corrected chi connectivity index (χ0v) is 13.0. The zero-order valence-electron chi connectivity index (χ0n) is 13.0. The van der Waals surface area contributed by atoms with Crippen molar-refractivity contribution in [2.75, 3.05) is 0 Å². The summed E-state index contributed by atoms with van der Waals surface area (Å²) in [4.78, 5) is 0. The van der Waals surface area contributed by atoms with Crippen LogP contribution in [0.4, 0.5) is 0 Å². The number of hydrogen-bond donors (Lipinski definition) is 0. The summed E-state index contributed by atoms with van der Waals surface area (Å²) in [7, 11) is 0. The minimum atomic E-state index is 0. The van der Waals surface area contributed by atoms with Crippen molar-refractivity contribution >= 4 is 0 Å². The van der Waals surface area contributed by atoms with Crippen LogP contribution < -0.4 is 0 Å². The average Bonchev–Trinajstić information content (AvgIpc) is 2.49. The van der Waals surface area contributed by atoms with Gasteiger partial charge in [0.05, 0.1) is 0 Å². The molecule has 2 aromatic rings. The summed E-state index contributed by atoms with van der Waals surface area (Å²) in [5, 5.41) is 0. The molecule has 0 nitrogen and oxygen atoms in total. The van der Waals surface area contributed by atoms with Crippen LogP contribution in [0.3, 0.4) is 0 Å². The number of benzene rings is 2. The van der Waals surface area contributed by atoms with Crippen molar-refractivity contribution in [2.24, 2.45) is 0 Å². The topological polar surface area (TPSA) is 0 Å². The molecule has 0 aliphatic heterocycles. The molecule has 2 aromatic carbocycles. The molecule has 0 heteroatoms. The van der Waals surface area contributed by atoms with Crippen LogP contribution in [0.1, 0.15) is 43.2 Å². The van der Waals surface area contributed by atoms with Crippen LogP contribution in [0.2, 0.25) is 0 Å². The maximum Gasteiger partial charge on any atom is -0.0190 e. The van der Waals surface area contributed by atoms with Gasteiger partial charge in [-0.15, -0.1) is 0 Å². The SMILES string of the molecule is [CH2]C(C)c1ccccc1.[CH2]CC(C)c1ccccc1.[CH3]. The summed E-state index contributed by atoms with van der Waals surface area (Å²) >= 11 is 0. The van der Waals surface area contributed by atoms with Crippen molar-refractivity contribution in [3.05, 3.63) is 93.1 Å². The molecule has 0 amide bonds. The number of hydrogen-bond acceptors (Lipinski definition) is 0. The third kappa shape index (κ3) is 6.56. The lowest BCUT2D eigenvalue weighted by atomic mass is 9.99. The van der Waals surface area contributed by atoms with E-state index < -0.39 is 0 Å². The summed E-state index contributed by atoms with van der Waals surface area (Å²) in [6.07, 6.45) is 0.976. The van der Waals surface area contributed by atoms with Gasteiger partial charge >= 0.3 is 0 Å². The van der Waals surface area contributed by atoms with Crippen LogP contribution in [0.25, 0.3) is 0 Å². The molecule has 0 fully saturated rings. The Kier molecular flexibility index (Phi) is 9.45. The van der Waals surface area contributed by atoms with E-state index in [1.54, 1.807) is 0 Å². The normalized spacial score (nSPS) is 11.1. The molecular weight excluding hydrogens is 240 g/mol. The first kappa shape index (κ1) is 18.4. The Labute approximate surface area is 125 Å². The summed E-state index contributed by atoms with van der Waals surface area (Å²) < 4.78 is 0. The van der Waals surface area contributed by atoms with Crippen LogP contribution in [0, 0.1) is 21.3 Å². The highest BCUT2D eigenvalue weighted by molar-refractivity contribution is 5.19. The molecule has 2 atom stereocenters. The van der Waals surface area contributed by atoms with Gasteiger partial charge in [0.25, 0.3) is 0 Å². The van der Waals surface area contributed by atoms with Crippen molar-refractivity contribution in [1.82, 2.24) is 0 Å². The maximum absolute atomic E-state index is 3.91. The minimum absolute atomic E-state index is 0. The molecular formula is C20H27. The Bertz CT molecular complexity index is 428. The van der Waals surface area contributed by atoms with Crippen molar-refractivity contribution in [1.29, 1.82) is 0 Å². The molecule has 2 rings (SSSR count). The van der Waals surface area contributed by atoms with Crippen LogP contribution >= 0.6 is 0 Å². The quantitative estimate of drug-likeness (QED) is 0.631. The highest BCUT2D eigenvalue weighted by Gasteiger charge is 1.99. The summed E-state index contributed by atoms with van der Waals surface area (Å²) in [5.74, 6) is 1.01. The van der Waals surface area contributed by atoms with Crippen molar-refractivity contribution in [3.8, 4) is 0 Å². The van der Waals surface area contributed by atoms with Gasteiger partial charge in [-0.1, -0.05) is 88.9 Å². The Balaban J connectivity index is 0.000000345. The first-order chi connectivity index (χ1) is 9.15. The Morgan fingerprint density at radius 1 is 0.800 bits per heavy atom. The molecule has 0 aliphatic rings. The molecule has 0 N–H and O–H groups in total. The number of rotatable bonds is 3. The van der Waals surface area contributed by atoms with Gasteiger partial charge in [0.15, 0.2) is 0 Å². The van der Waals surface area contributed by atoms with E-state index >= 15 is 0 Å². The van der Waals surface area contributed by atoms with Gasteiger partial charge in [-0.05, 0) is 36.3 Å². The van der Waals surface area contributed by atoms with Gasteiger partial charge in [-0.2, -0.15) is 0 Å². The van der Waals surface area contributed by atoms with E-state index in [4.69, 9.17) is 0 Å². The zero-order chi connectivity index (χ0) is 14.1. The second kappa shape index (κ2) is 10.3. The van der Waals surface area contributed by atoms with Crippen LogP contribution in [-0.2, 0) is 0 Å². The van der Waals surface area contributed by atoms with Gasteiger partial charge in [-0.25, -0.2) is 0 Å². The molecule has 0 aromatic heterocycles. The molecule has 0 bridgehead atoms. The molecule has 0 saturated carbocycles. The molecule has 20 heavy (non-hydrogen) atoms. The first-order valence-corrected chi connectivity index (χ1v) is 6.87. The summed E-state index contributed by atoms with van der Waals surface area (Å²) in [6.45, 7) is 12.1. The van der Waals surface area contributed by atoms with Gasteiger partial charge in [0.2, 0.25) is 0 Å². The fourth-order valence-electron chi connectivity index (χ4n) is 1.73. The largest absolute Gasteiger partial charge is 0.0683 e. The monoisotopic (exact) mass is 267 g/mol. The predicted molar refractivity (Wildman–Crippen MR) is 91.5 cm³/mol. The fraction of sp³-hybridized carbons (Fsp3) is 0.250. The third-order valence-corrected chi connectivity index (χ3v) is 3.17. The van der Waals surface area contributed by atoms with Gasteiger partial charge in [0.1, 0.15) is 0 Å². The van der Waals surface area contributed by atoms with Crippen LogP contribution in [-0.4, -0.2) is 0 Å². The Morgan fingerprint density at radius 3 is 1.50 bits per heavy atom. The average molecular weight is 267 g/mol. The highest BCUT2D eigenvalue weighted by Crippen LogP contribution is 2.16. The molecule has 0 aliphatic carbocycles. The summed E-state index contributed by atoms with van der Waals surface area (Å²) in [5.41, 5.74) is 2.69. The lowest BCUT2D eigenvalue weighted by Gasteiger charge is -2.06. The van der Waals surface area contributed by atoms with Crippen molar-refractivity contribution in [3.63, 3.8) is 0 Å². The van der Waals surface area contributed by atoms with E-state index in [-0.39, 0.29) is 7.43 Å². The lowest BCUT2D eigenvalue weighted by molar-refractivity contribution is 0.778. The molecule has 2 unspecified atom stereocenters. The van der Waals surface area contributed by atoms with E-state index in [9.17, 15) is 0 Å². The van der Waals surface area contributed by atoms with Gasteiger partial charge in [-0.3, -0.25) is 0 Å². The van der Waals surface area contributed by atoms with Crippen molar-refractivity contribution in [2.45, 2.75) is 32.1 Å². The third-order valence-electron chi connectivity index (χ3n) is 3.17. The molecule has 0 saturated heterocycles. The lowest BCUT2D eigenvalue weighted by Crippen LogP contribution is -1.88. The first-order valence-electron chi connectivity index (χ1n) is 6.87. The van der Waals surface area contributed by atoms with E-state index in [0.29, 0.717) is 11.8 Å². The minimum Gasteiger partial charge on any atom is -0.0683 e. The molecule has 0 spiro atoms. The smallest absolute Gasteiger partial charge is 0.0190 e. The van der Waals surface area contributed by atoms with E-state index in [0.717, 1.165) is 6.42 Å². The maximum atomic E-state index is 3.91. The highest BCUT2D eigenvalue weighted by atomic mass is 14.0. The second-order valence-electron chi connectivity index (χ2n) is 4.91.